The molecule has 2 atom stereocenters. The lowest BCUT2D eigenvalue weighted by atomic mass is 10.2. The fraction of sp³-hybridized carbons (Fsp3) is 0.429. The zero-order valence-corrected chi connectivity index (χ0v) is 10.0. The van der Waals surface area contributed by atoms with Crippen molar-refractivity contribution in [2.75, 3.05) is 5.32 Å². The molecule has 2 N–H and O–H groups in total. The molecule has 2 aliphatic rings. The second-order valence-corrected chi connectivity index (χ2v) is 5.22. The van der Waals surface area contributed by atoms with E-state index in [-0.39, 0.29) is 6.03 Å². The smallest absolute Gasteiger partial charge is 0.319 e. The summed E-state index contributed by atoms with van der Waals surface area (Å²) < 4.78 is 0. The summed E-state index contributed by atoms with van der Waals surface area (Å²) in [6.07, 6.45) is 3.59. The minimum Gasteiger partial charge on any atom is -0.335 e. The minimum absolute atomic E-state index is 0.170. The van der Waals surface area contributed by atoms with Gasteiger partial charge < -0.3 is 10.6 Å². The highest BCUT2D eigenvalue weighted by Crippen LogP contribution is 2.51. The zero-order valence-electron chi connectivity index (χ0n) is 10.0. The quantitative estimate of drug-likeness (QED) is 0.835. The lowest BCUT2D eigenvalue weighted by molar-refractivity contribution is 0.248. The Balaban J connectivity index is 1.55. The molecule has 1 aromatic carbocycles. The average molecular weight is 241 g/mol. The third-order valence-corrected chi connectivity index (χ3v) is 3.83. The van der Waals surface area contributed by atoms with Crippen LogP contribution in [0, 0.1) is 23.2 Å². The number of anilines is 1. The second-order valence-electron chi connectivity index (χ2n) is 5.22. The maximum Gasteiger partial charge on any atom is 0.319 e. The van der Waals surface area contributed by atoms with Crippen LogP contribution in [0.25, 0.3) is 0 Å². The van der Waals surface area contributed by atoms with Gasteiger partial charge in [-0.1, -0.05) is 6.07 Å². The van der Waals surface area contributed by atoms with Gasteiger partial charge in [0.15, 0.2) is 0 Å². The summed E-state index contributed by atoms with van der Waals surface area (Å²) in [6.45, 7) is 0. The first kappa shape index (κ1) is 11.1. The Morgan fingerprint density at radius 3 is 2.78 bits per heavy atom. The van der Waals surface area contributed by atoms with Crippen LogP contribution in [-0.4, -0.2) is 12.1 Å². The number of amides is 2. The number of benzene rings is 1. The number of hydrogen-bond acceptors (Lipinski definition) is 2. The standard InChI is InChI=1S/C14H15N3O/c15-8-9-2-1-3-12(4-9)16-14(18)17-13-6-10-5-11(10)7-13/h1-4,10-11,13H,5-7H2,(H2,16,17,18). The first-order valence-electron chi connectivity index (χ1n) is 6.32. The van der Waals surface area contributed by atoms with E-state index in [1.165, 1.54) is 6.42 Å². The Kier molecular flexibility index (Phi) is 2.67. The third kappa shape index (κ3) is 2.30. The SMILES string of the molecule is N#Cc1cccc(NC(=O)NC2CC3CC3C2)c1. The van der Waals surface area contributed by atoms with E-state index in [9.17, 15) is 4.79 Å². The average Bonchev–Trinajstić information content (AvgIpc) is 2.97. The first-order valence-corrected chi connectivity index (χ1v) is 6.32. The molecule has 18 heavy (non-hydrogen) atoms. The molecule has 3 rings (SSSR count). The molecule has 2 unspecified atom stereocenters. The Morgan fingerprint density at radius 1 is 1.28 bits per heavy atom. The van der Waals surface area contributed by atoms with Gasteiger partial charge in [0, 0.05) is 11.7 Å². The van der Waals surface area contributed by atoms with Crippen LogP contribution in [0.5, 0.6) is 0 Å². The predicted octanol–water partition coefficient (Wildman–Crippen LogP) is 2.48. The summed E-state index contributed by atoms with van der Waals surface area (Å²) in [5.74, 6) is 1.72. The van der Waals surface area contributed by atoms with Crippen molar-refractivity contribution >= 4 is 11.7 Å². The summed E-state index contributed by atoms with van der Waals surface area (Å²) in [5, 5.41) is 14.5. The van der Waals surface area contributed by atoms with E-state index in [1.54, 1.807) is 24.3 Å². The molecular formula is C14H15N3O. The van der Waals surface area contributed by atoms with E-state index in [0.29, 0.717) is 17.3 Å². The van der Waals surface area contributed by atoms with Gasteiger partial charge in [-0.15, -0.1) is 0 Å². The normalized spacial score (nSPS) is 28.1. The number of fused-ring (bicyclic) bond motifs is 1. The van der Waals surface area contributed by atoms with Crippen LogP contribution in [0.1, 0.15) is 24.8 Å². The van der Waals surface area contributed by atoms with Gasteiger partial charge in [0.1, 0.15) is 0 Å². The fourth-order valence-electron chi connectivity index (χ4n) is 2.85. The van der Waals surface area contributed by atoms with Crippen LogP contribution in [0.15, 0.2) is 24.3 Å². The number of nitriles is 1. The number of carbonyl (C=O) groups excluding carboxylic acids is 1. The van der Waals surface area contributed by atoms with Gasteiger partial charge in [0.05, 0.1) is 11.6 Å². The Morgan fingerprint density at radius 2 is 2.06 bits per heavy atom. The summed E-state index contributed by atoms with van der Waals surface area (Å²) in [5.41, 5.74) is 1.21. The molecular weight excluding hydrogens is 226 g/mol. The van der Waals surface area contributed by atoms with Crippen LogP contribution in [0.2, 0.25) is 0 Å². The molecule has 1 aromatic rings. The maximum absolute atomic E-state index is 11.8. The monoisotopic (exact) mass is 241 g/mol. The van der Waals surface area contributed by atoms with Gasteiger partial charge in [-0.3, -0.25) is 0 Å². The zero-order chi connectivity index (χ0) is 12.5. The van der Waals surface area contributed by atoms with Crippen molar-refractivity contribution in [1.29, 1.82) is 5.26 Å². The third-order valence-electron chi connectivity index (χ3n) is 3.83. The maximum atomic E-state index is 11.8. The number of rotatable bonds is 2. The van der Waals surface area contributed by atoms with Crippen molar-refractivity contribution in [3.63, 3.8) is 0 Å². The molecule has 0 aromatic heterocycles. The van der Waals surface area contributed by atoms with Gasteiger partial charge in [-0.25, -0.2) is 4.79 Å². The molecule has 2 amide bonds. The van der Waals surface area contributed by atoms with Crippen molar-refractivity contribution < 1.29 is 4.79 Å². The highest BCUT2D eigenvalue weighted by molar-refractivity contribution is 5.89. The van der Waals surface area contributed by atoms with E-state index in [4.69, 9.17) is 5.26 Å². The van der Waals surface area contributed by atoms with Crippen LogP contribution >= 0.6 is 0 Å². The van der Waals surface area contributed by atoms with Crippen molar-refractivity contribution in [3.05, 3.63) is 29.8 Å². The highest BCUT2D eigenvalue weighted by Gasteiger charge is 2.46. The van der Waals surface area contributed by atoms with Gasteiger partial charge >= 0.3 is 6.03 Å². The number of nitrogens with zero attached hydrogens (tertiary/aromatic N) is 1. The summed E-state index contributed by atoms with van der Waals surface area (Å²) in [7, 11) is 0. The molecule has 92 valence electrons. The van der Waals surface area contributed by atoms with Crippen molar-refractivity contribution in [3.8, 4) is 6.07 Å². The van der Waals surface area contributed by atoms with Crippen LogP contribution in [0.3, 0.4) is 0 Å². The minimum atomic E-state index is -0.170. The fourth-order valence-corrected chi connectivity index (χ4v) is 2.85. The van der Waals surface area contributed by atoms with E-state index >= 15 is 0 Å². The summed E-state index contributed by atoms with van der Waals surface area (Å²) in [4.78, 5) is 11.8. The first-order chi connectivity index (χ1) is 8.74. The van der Waals surface area contributed by atoms with Gasteiger partial charge in [-0.05, 0) is 49.3 Å². The second kappa shape index (κ2) is 4.34. The Hall–Kier alpha value is -2.02. The number of nitrogens with one attached hydrogen (secondary N) is 2. The number of hydrogen-bond donors (Lipinski definition) is 2. The molecule has 2 aliphatic carbocycles. The van der Waals surface area contributed by atoms with E-state index in [1.807, 2.05) is 0 Å². The molecule has 4 nitrogen and oxygen atoms in total. The van der Waals surface area contributed by atoms with E-state index in [2.05, 4.69) is 16.7 Å². The van der Waals surface area contributed by atoms with Crippen molar-refractivity contribution in [2.45, 2.75) is 25.3 Å². The van der Waals surface area contributed by atoms with Gasteiger partial charge in [0.2, 0.25) is 0 Å². The molecule has 0 spiro atoms. The van der Waals surface area contributed by atoms with Crippen LogP contribution < -0.4 is 10.6 Å². The highest BCUT2D eigenvalue weighted by atomic mass is 16.2. The predicted molar refractivity (Wildman–Crippen MR) is 67.9 cm³/mol. The molecule has 2 saturated carbocycles. The van der Waals surface area contributed by atoms with Crippen LogP contribution in [-0.2, 0) is 0 Å². The molecule has 0 heterocycles. The van der Waals surface area contributed by atoms with Crippen LogP contribution in [0.4, 0.5) is 10.5 Å². The van der Waals surface area contributed by atoms with Crippen molar-refractivity contribution in [1.82, 2.24) is 5.32 Å². The molecule has 0 saturated heterocycles. The Labute approximate surface area is 106 Å². The molecule has 2 fully saturated rings. The summed E-state index contributed by atoms with van der Waals surface area (Å²) in [6, 6.07) is 9.15. The topological polar surface area (TPSA) is 64.9 Å². The molecule has 0 aliphatic heterocycles. The largest absolute Gasteiger partial charge is 0.335 e. The lowest BCUT2D eigenvalue weighted by Crippen LogP contribution is -2.37. The number of urea groups is 1. The summed E-state index contributed by atoms with van der Waals surface area (Å²) >= 11 is 0. The van der Waals surface area contributed by atoms with Crippen molar-refractivity contribution in [2.24, 2.45) is 11.8 Å². The Bertz CT molecular complexity index is 510. The van der Waals surface area contributed by atoms with E-state index < -0.39 is 0 Å². The molecule has 0 radical (unpaired) electrons. The van der Waals surface area contributed by atoms with Gasteiger partial charge in [-0.2, -0.15) is 5.26 Å². The lowest BCUT2D eigenvalue weighted by Gasteiger charge is -2.14. The molecule has 4 heteroatoms. The number of carbonyl (C=O) groups is 1. The molecule has 0 bridgehead atoms. The van der Waals surface area contributed by atoms with E-state index in [0.717, 1.165) is 24.7 Å². The van der Waals surface area contributed by atoms with Gasteiger partial charge in [0.25, 0.3) is 0 Å².